The van der Waals surface area contributed by atoms with Crippen molar-refractivity contribution in [3.8, 4) is 0 Å². The minimum Gasteiger partial charge on any atom is -0.347 e. The summed E-state index contributed by atoms with van der Waals surface area (Å²) in [7, 11) is 0. The highest BCUT2D eigenvalue weighted by Crippen LogP contribution is 2.70. The Labute approximate surface area is 196 Å². The lowest BCUT2D eigenvalue weighted by atomic mass is 9.43. The van der Waals surface area contributed by atoms with Crippen molar-refractivity contribution in [2.24, 2.45) is 52.3 Å². The molecule has 3 nitrogen and oxygen atoms in total. The predicted octanol–water partition coefficient (Wildman–Crippen LogP) is 7.03. The van der Waals surface area contributed by atoms with Crippen LogP contribution in [0.4, 0.5) is 0 Å². The number of Topliss-reactive ketones (excluding diaryl/α,β-unsaturated/α-hetero) is 1. The first kappa shape index (κ1) is 23.3. The minimum absolute atomic E-state index is 0.198. The largest absolute Gasteiger partial charge is 0.347 e. The van der Waals surface area contributed by atoms with Crippen molar-refractivity contribution < 1.29 is 14.3 Å². The van der Waals surface area contributed by atoms with Crippen LogP contribution in [-0.4, -0.2) is 24.8 Å². The summed E-state index contributed by atoms with van der Waals surface area (Å²) >= 11 is 0. The average Bonchev–Trinajstić information content (AvgIpc) is 3.34. The first-order valence-corrected chi connectivity index (χ1v) is 14.0. The molecule has 0 N–H and O–H groups in total. The van der Waals surface area contributed by atoms with Gasteiger partial charge in [-0.15, -0.1) is 0 Å². The molecule has 0 aromatic rings. The summed E-state index contributed by atoms with van der Waals surface area (Å²) in [6.07, 6.45) is 13.3. The maximum Gasteiger partial charge on any atom is 0.172 e. The molecule has 5 rings (SSSR count). The number of rotatable bonds is 5. The van der Waals surface area contributed by atoms with Crippen molar-refractivity contribution in [1.82, 2.24) is 0 Å². The monoisotopic (exact) mass is 444 g/mol. The fourth-order valence-electron chi connectivity index (χ4n) is 9.92. The molecule has 0 aromatic heterocycles. The maximum atomic E-state index is 12.5. The van der Waals surface area contributed by atoms with Crippen molar-refractivity contribution in [1.29, 1.82) is 0 Å². The Morgan fingerprint density at radius 3 is 2.38 bits per heavy atom. The lowest BCUT2D eigenvalue weighted by Gasteiger charge is -2.64. The van der Waals surface area contributed by atoms with Crippen LogP contribution >= 0.6 is 0 Å². The van der Waals surface area contributed by atoms with Gasteiger partial charge in [-0.25, -0.2) is 0 Å². The Bertz CT molecular complexity index is 709. The zero-order valence-corrected chi connectivity index (χ0v) is 21.5. The van der Waals surface area contributed by atoms with Gasteiger partial charge in [-0.3, -0.25) is 4.79 Å². The van der Waals surface area contributed by atoms with Crippen LogP contribution in [0.25, 0.3) is 0 Å². The molecule has 0 bridgehead atoms. The summed E-state index contributed by atoms with van der Waals surface area (Å²) in [5, 5.41) is 0. The van der Waals surface area contributed by atoms with E-state index in [1.165, 1.54) is 44.9 Å². The molecule has 1 heterocycles. The lowest BCUT2D eigenvalue weighted by Crippen LogP contribution is -2.63. The van der Waals surface area contributed by atoms with Crippen molar-refractivity contribution in [3.05, 3.63) is 0 Å². The summed E-state index contributed by atoms with van der Waals surface area (Å²) in [5.74, 6) is 5.00. The van der Waals surface area contributed by atoms with E-state index in [2.05, 4.69) is 34.6 Å². The number of carbonyl (C=O) groups excluding carboxylic acids is 1. The van der Waals surface area contributed by atoms with Gasteiger partial charge in [-0.05, 0) is 78.4 Å². The summed E-state index contributed by atoms with van der Waals surface area (Å²) in [5.41, 5.74) is 0.676. The van der Waals surface area contributed by atoms with Crippen LogP contribution in [-0.2, 0) is 14.3 Å². The summed E-state index contributed by atoms with van der Waals surface area (Å²) in [6, 6.07) is 0. The van der Waals surface area contributed by atoms with Crippen molar-refractivity contribution in [2.75, 3.05) is 13.2 Å². The van der Waals surface area contributed by atoms with E-state index in [0.29, 0.717) is 36.8 Å². The van der Waals surface area contributed by atoms with Crippen LogP contribution in [0.3, 0.4) is 0 Å². The molecule has 182 valence electrons. The molecule has 1 saturated heterocycles. The molecule has 4 saturated carbocycles. The number of hydrogen-bond acceptors (Lipinski definition) is 3. The zero-order chi connectivity index (χ0) is 22.7. The molecule has 1 aliphatic heterocycles. The third-order valence-corrected chi connectivity index (χ3v) is 11.5. The molecular formula is C29H48O3. The van der Waals surface area contributed by atoms with E-state index < -0.39 is 5.79 Å². The van der Waals surface area contributed by atoms with Gasteiger partial charge in [-0.1, -0.05) is 53.9 Å². The topological polar surface area (TPSA) is 35.5 Å². The van der Waals surface area contributed by atoms with Gasteiger partial charge >= 0.3 is 0 Å². The van der Waals surface area contributed by atoms with E-state index in [1.54, 1.807) is 0 Å². The van der Waals surface area contributed by atoms with E-state index in [-0.39, 0.29) is 11.3 Å². The van der Waals surface area contributed by atoms with Crippen LogP contribution in [0.1, 0.15) is 105 Å². The highest BCUT2D eigenvalue weighted by Gasteiger charge is 2.67. The fraction of sp³-hybridized carbons (Fsp3) is 0.966. The van der Waals surface area contributed by atoms with Crippen molar-refractivity contribution in [2.45, 2.75) is 111 Å². The van der Waals surface area contributed by atoms with Crippen LogP contribution in [0, 0.1) is 52.3 Å². The Morgan fingerprint density at radius 2 is 1.66 bits per heavy atom. The number of hydrogen-bond donors (Lipinski definition) is 0. The average molecular weight is 445 g/mol. The fourth-order valence-corrected chi connectivity index (χ4v) is 9.92. The van der Waals surface area contributed by atoms with Gasteiger partial charge < -0.3 is 9.47 Å². The second-order valence-corrected chi connectivity index (χ2v) is 13.4. The quantitative estimate of drug-likeness (QED) is 0.456. The molecule has 0 aromatic carbocycles. The second kappa shape index (κ2) is 8.36. The van der Waals surface area contributed by atoms with Gasteiger partial charge in [0.1, 0.15) is 5.78 Å². The zero-order valence-electron chi connectivity index (χ0n) is 21.5. The van der Waals surface area contributed by atoms with Crippen LogP contribution in [0.15, 0.2) is 0 Å². The van der Waals surface area contributed by atoms with Gasteiger partial charge in [0.25, 0.3) is 0 Å². The molecule has 0 unspecified atom stereocenters. The third-order valence-electron chi connectivity index (χ3n) is 11.5. The van der Waals surface area contributed by atoms with Gasteiger partial charge in [0.2, 0.25) is 0 Å². The van der Waals surface area contributed by atoms with Crippen molar-refractivity contribution >= 4 is 5.78 Å². The molecule has 0 amide bonds. The highest BCUT2D eigenvalue weighted by atomic mass is 16.7. The Kier molecular flexibility index (Phi) is 6.10. The SMILES string of the molecule is CC(C)CCC[C@H](C)[C@@H]1CC[C@@H]2[C@H]3CC4(OCCO4)[C@H]4CC(=O)CC[C@]4(C)[C@@H]3CC[C@@]21C. The Hall–Kier alpha value is -0.410. The smallest absolute Gasteiger partial charge is 0.172 e. The first-order chi connectivity index (χ1) is 15.2. The summed E-state index contributed by atoms with van der Waals surface area (Å²) in [6.45, 7) is 13.9. The molecular weight excluding hydrogens is 396 g/mol. The standard InChI is InChI=1S/C29H48O3/c1-19(2)7-6-8-20(3)23-9-10-24-22-18-29(31-15-16-32-29)26-17-21(30)11-13-28(26,5)25(22)12-14-27(23,24)4/h19-20,22-26H,6-18H2,1-5H3/t20-,22+,23-,24+,25+,26-,27+,28+/m0/s1. The van der Waals surface area contributed by atoms with Gasteiger partial charge in [-0.2, -0.15) is 0 Å². The number of ether oxygens (including phenoxy) is 2. The van der Waals surface area contributed by atoms with E-state index in [4.69, 9.17) is 9.47 Å². The Balaban J connectivity index is 1.40. The maximum absolute atomic E-state index is 12.5. The summed E-state index contributed by atoms with van der Waals surface area (Å²) in [4.78, 5) is 12.5. The Morgan fingerprint density at radius 1 is 0.938 bits per heavy atom. The molecule has 3 heteroatoms. The van der Waals surface area contributed by atoms with Crippen LogP contribution in [0.2, 0.25) is 0 Å². The molecule has 1 spiro atoms. The minimum atomic E-state index is -0.481. The van der Waals surface area contributed by atoms with Crippen LogP contribution < -0.4 is 0 Å². The number of fused-ring (bicyclic) bond motifs is 6. The molecule has 8 atom stereocenters. The van der Waals surface area contributed by atoms with Crippen LogP contribution in [0.5, 0.6) is 0 Å². The normalized spacial score (nSPS) is 46.2. The molecule has 5 fully saturated rings. The molecule has 0 radical (unpaired) electrons. The first-order valence-electron chi connectivity index (χ1n) is 14.0. The van der Waals surface area contributed by atoms with Gasteiger partial charge in [0, 0.05) is 25.2 Å². The van der Waals surface area contributed by atoms with E-state index >= 15 is 0 Å². The number of ketones is 1. The van der Waals surface area contributed by atoms with E-state index in [1.807, 2.05) is 0 Å². The van der Waals surface area contributed by atoms with Gasteiger partial charge in [0.15, 0.2) is 5.79 Å². The van der Waals surface area contributed by atoms with E-state index in [0.717, 1.165) is 48.9 Å². The highest BCUT2D eigenvalue weighted by molar-refractivity contribution is 5.80. The molecule has 4 aliphatic carbocycles. The van der Waals surface area contributed by atoms with Gasteiger partial charge in [0.05, 0.1) is 13.2 Å². The molecule has 32 heavy (non-hydrogen) atoms. The predicted molar refractivity (Wildman–Crippen MR) is 128 cm³/mol. The summed E-state index contributed by atoms with van der Waals surface area (Å²) < 4.78 is 12.9. The number of carbonyl (C=O) groups is 1. The lowest BCUT2D eigenvalue weighted by molar-refractivity contribution is -0.289. The molecule has 5 aliphatic rings. The van der Waals surface area contributed by atoms with E-state index in [9.17, 15) is 4.79 Å². The second-order valence-electron chi connectivity index (χ2n) is 13.4. The third kappa shape index (κ3) is 3.55. The van der Waals surface area contributed by atoms with Crippen molar-refractivity contribution in [3.63, 3.8) is 0 Å².